The van der Waals surface area contributed by atoms with Gasteiger partial charge in [0.05, 0.1) is 17.1 Å². The fraction of sp³-hybridized carbons (Fsp3) is 0.385. The number of para-hydroxylation sites is 1. The molecule has 1 aromatic rings. The number of phenolic OH excluding ortho intramolecular Hbond substituents is 1. The van der Waals surface area contributed by atoms with Gasteiger partial charge in [-0.05, 0) is 18.6 Å². The number of nitrogens with zero attached hydrogens (tertiary/aromatic N) is 1. The highest BCUT2D eigenvalue weighted by Crippen LogP contribution is 2.23. The Labute approximate surface area is 121 Å². The summed E-state index contributed by atoms with van der Waals surface area (Å²) in [6.45, 7) is -0.604. The molecule has 1 heterocycles. The summed E-state index contributed by atoms with van der Waals surface area (Å²) < 4.78 is 23.0. The third kappa shape index (κ3) is 3.52. The lowest BCUT2D eigenvalue weighted by molar-refractivity contribution is -0.138. The topological polar surface area (TPSA) is 112 Å². The van der Waals surface area contributed by atoms with Gasteiger partial charge in [-0.3, -0.25) is 9.59 Å². The number of hydrogen-bond acceptors (Lipinski definition) is 5. The van der Waals surface area contributed by atoms with Gasteiger partial charge in [0.15, 0.2) is 9.84 Å². The quantitative estimate of drug-likeness (QED) is 0.815. The number of carbonyl (C=O) groups excluding carboxylic acids is 1. The second-order valence-electron chi connectivity index (χ2n) is 4.90. The summed E-state index contributed by atoms with van der Waals surface area (Å²) in [6, 6.07) is 5.08. The second-order valence-corrected chi connectivity index (χ2v) is 7.13. The van der Waals surface area contributed by atoms with Gasteiger partial charge < -0.3 is 15.1 Å². The van der Waals surface area contributed by atoms with E-state index in [9.17, 15) is 23.1 Å². The predicted molar refractivity (Wildman–Crippen MR) is 73.8 cm³/mol. The van der Waals surface area contributed by atoms with Gasteiger partial charge >= 0.3 is 5.97 Å². The minimum Gasteiger partial charge on any atom is -0.507 e. The highest BCUT2D eigenvalue weighted by Gasteiger charge is 2.36. The zero-order valence-electron chi connectivity index (χ0n) is 11.1. The van der Waals surface area contributed by atoms with Crippen LogP contribution in [0.1, 0.15) is 16.8 Å². The molecule has 21 heavy (non-hydrogen) atoms. The Balaban J connectivity index is 2.30. The Morgan fingerprint density at radius 3 is 2.48 bits per heavy atom. The van der Waals surface area contributed by atoms with E-state index in [1.807, 2.05) is 0 Å². The van der Waals surface area contributed by atoms with Crippen LogP contribution in [0, 0.1) is 0 Å². The van der Waals surface area contributed by atoms with Crippen molar-refractivity contribution in [3.8, 4) is 5.75 Å². The van der Waals surface area contributed by atoms with E-state index in [4.69, 9.17) is 5.11 Å². The van der Waals surface area contributed by atoms with Gasteiger partial charge in [-0.1, -0.05) is 12.1 Å². The predicted octanol–water partition coefficient (Wildman–Crippen LogP) is 0.106. The number of phenols is 1. The zero-order valence-corrected chi connectivity index (χ0v) is 11.9. The summed E-state index contributed by atoms with van der Waals surface area (Å²) in [5.74, 6) is -2.50. The lowest BCUT2D eigenvalue weighted by Crippen LogP contribution is -2.44. The molecule has 0 aromatic heterocycles. The van der Waals surface area contributed by atoms with Gasteiger partial charge in [-0.15, -0.1) is 0 Å². The highest BCUT2D eigenvalue weighted by atomic mass is 32.2. The summed E-state index contributed by atoms with van der Waals surface area (Å²) in [5.41, 5.74) is -0.0388. The van der Waals surface area contributed by atoms with Gasteiger partial charge in [-0.25, -0.2) is 8.42 Å². The van der Waals surface area contributed by atoms with Crippen LogP contribution in [0.25, 0.3) is 0 Å². The van der Waals surface area contributed by atoms with Crippen molar-refractivity contribution in [3.05, 3.63) is 29.8 Å². The van der Waals surface area contributed by atoms with E-state index in [0.29, 0.717) is 0 Å². The van der Waals surface area contributed by atoms with Crippen LogP contribution < -0.4 is 0 Å². The average Bonchev–Trinajstić information content (AvgIpc) is 2.76. The summed E-state index contributed by atoms with van der Waals surface area (Å²) in [4.78, 5) is 24.4. The Hall–Kier alpha value is -2.09. The molecular formula is C13H15NO6S. The summed E-state index contributed by atoms with van der Waals surface area (Å²) >= 11 is 0. The third-order valence-electron chi connectivity index (χ3n) is 3.35. The number of aromatic hydroxyl groups is 1. The Morgan fingerprint density at radius 2 is 1.95 bits per heavy atom. The Bertz CT molecular complexity index is 669. The third-order valence-corrected chi connectivity index (χ3v) is 5.10. The minimum absolute atomic E-state index is 0.0388. The van der Waals surface area contributed by atoms with E-state index in [0.717, 1.165) is 4.90 Å². The normalized spacial score (nSPS) is 20.1. The molecular weight excluding hydrogens is 298 g/mol. The molecule has 0 saturated carbocycles. The first kappa shape index (κ1) is 15.3. The SMILES string of the molecule is O=C(O)CN(C(=O)c1ccccc1O)C1CCS(=O)(=O)C1. The van der Waals surface area contributed by atoms with Crippen molar-refractivity contribution in [2.75, 3.05) is 18.1 Å². The number of amides is 1. The molecule has 1 atom stereocenters. The van der Waals surface area contributed by atoms with Gasteiger partial charge in [0, 0.05) is 6.04 Å². The maximum Gasteiger partial charge on any atom is 0.323 e. The number of aliphatic carboxylic acids is 1. The molecule has 1 unspecified atom stereocenters. The van der Waals surface area contributed by atoms with Crippen LogP contribution in [0.2, 0.25) is 0 Å². The van der Waals surface area contributed by atoms with Crippen molar-refractivity contribution >= 4 is 21.7 Å². The van der Waals surface area contributed by atoms with Crippen molar-refractivity contribution in [2.24, 2.45) is 0 Å². The molecule has 1 fully saturated rings. The Kier molecular flexibility index (Phi) is 4.17. The van der Waals surface area contributed by atoms with Crippen molar-refractivity contribution in [2.45, 2.75) is 12.5 Å². The molecule has 1 saturated heterocycles. The zero-order chi connectivity index (χ0) is 15.6. The van der Waals surface area contributed by atoms with Crippen LogP contribution in [-0.2, 0) is 14.6 Å². The first-order chi connectivity index (χ1) is 9.80. The lowest BCUT2D eigenvalue weighted by Gasteiger charge is -2.26. The fourth-order valence-corrected chi connectivity index (χ4v) is 4.07. The second kappa shape index (κ2) is 5.72. The number of carboxylic acids is 1. The summed E-state index contributed by atoms with van der Waals surface area (Å²) in [5, 5.41) is 18.6. The molecule has 1 amide bonds. The van der Waals surface area contributed by atoms with Crippen molar-refractivity contribution in [3.63, 3.8) is 0 Å². The number of rotatable bonds is 4. The first-order valence-corrected chi connectivity index (χ1v) is 8.13. The fourth-order valence-electron chi connectivity index (χ4n) is 2.34. The van der Waals surface area contributed by atoms with E-state index in [1.165, 1.54) is 24.3 Å². The van der Waals surface area contributed by atoms with E-state index in [1.54, 1.807) is 0 Å². The molecule has 8 heteroatoms. The monoisotopic (exact) mass is 313 g/mol. The molecule has 114 valence electrons. The van der Waals surface area contributed by atoms with Gasteiger partial charge in [0.2, 0.25) is 0 Å². The van der Waals surface area contributed by atoms with Crippen molar-refractivity contribution < 1.29 is 28.2 Å². The molecule has 1 aliphatic heterocycles. The van der Waals surface area contributed by atoms with Crippen LogP contribution in [0.15, 0.2) is 24.3 Å². The standard InChI is InChI=1S/C13H15NO6S/c15-11-4-2-1-3-10(11)13(18)14(7-12(16)17)9-5-6-21(19,20)8-9/h1-4,9,15H,5-8H2,(H,16,17). The van der Waals surface area contributed by atoms with Crippen LogP contribution in [-0.4, -0.2) is 59.5 Å². The average molecular weight is 313 g/mol. The number of carbonyl (C=O) groups is 2. The molecule has 0 radical (unpaired) electrons. The van der Waals surface area contributed by atoms with Crippen molar-refractivity contribution in [1.82, 2.24) is 4.90 Å². The van der Waals surface area contributed by atoms with Gasteiger partial charge in [0.25, 0.3) is 5.91 Å². The maximum atomic E-state index is 12.4. The first-order valence-electron chi connectivity index (χ1n) is 6.31. The summed E-state index contributed by atoms with van der Waals surface area (Å²) in [6.07, 6.45) is 0.203. The van der Waals surface area contributed by atoms with Gasteiger partial charge in [-0.2, -0.15) is 0 Å². The van der Waals surface area contributed by atoms with Gasteiger partial charge in [0.1, 0.15) is 12.3 Å². The number of sulfone groups is 1. The van der Waals surface area contributed by atoms with Crippen molar-refractivity contribution in [1.29, 1.82) is 0 Å². The summed E-state index contributed by atoms with van der Waals surface area (Å²) in [7, 11) is -3.25. The van der Waals surface area contributed by atoms with Crippen LogP contribution in [0.5, 0.6) is 5.75 Å². The Morgan fingerprint density at radius 1 is 1.29 bits per heavy atom. The highest BCUT2D eigenvalue weighted by molar-refractivity contribution is 7.91. The van der Waals surface area contributed by atoms with E-state index in [-0.39, 0.29) is 29.2 Å². The molecule has 2 N–H and O–H groups in total. The van der Waals surface area contributed by atoms with E-state index < -0.39 is 34.3 Å². The smallest absolute Gasteiger partial charge is 0.323 e. The molecule has 1 aromatic carbocycles. The molecule has 0 aliphatic carbocycles. The minimum atomic E-state index is -3.25. The van der Waals surface area contributed by atoms with Crippen LogP contribution >= 0.6 is 0 Å². The molecule has 0 bridgehead atoms. The number of hydrogen-bond donors (Lipinski definition) is 2. The van der Waals surface area contributed by atoms with E-state index >= 15 is 0 Å². The molecule has 1 aliphatic rings. The largest absolute Gasteiger partial charge is 0.507 e. The van der Waals surface area contributed by atoms with Crippen LogP contribution in [0.3, 0.4) is 0 Å². The number of carboxylic acid groups (broad SMARTS) is 1. The maximum absolute atomic E-state index is 12.4. The van der Waals surface area contributed by atoms with Crippen LogP contribution in [0.4, 0.5) is 0 Å². The van der Waals surface area contributed by atoms with E-state index in [2.05, 4.69) is 0 Å². The molecule has 0 spiro atoms. The molecule has 2 rings (SSSR count). The number of benzene rings is 1. The molecule has 7 nitrogen and oxygen atoms in total. The lowest BCUT2D eigenvalue weighted by atomic mass is 10.1.